The van der Waals surface area contributed by atoms with Crippen LogP contribution in [0.1, 0.15) is 29.7 Å². The van der Waals surface area contributed by atoms with Crippen LogP contribution < -0.4 is 14.5 Å². The first-order valence-electron chi connectivity index (χ1n) is 13.6. The van der Waals surface area contributed by atoms with E-state index < -0.39 is 0 Å². The van der Waals surface area contributed by atoms with Gasteiger partial charge in [-0.15, -0.1) is 0 Å². The van der Waals surface area contributed by atoms with E-state index >= 15 is 0 Å². The number of rotatable bonds is 7. The van der Waals surface area contributed by atoms with Gasteiger partial charge < -0.3 is 29.2 Å². The van der Waals surface area contributed by atoms with Crippen LogP contribution in [0.25, 0.3) is 4.85 Å². The molecule has 2 atom stereocenters. The maximum atomic E-state index is 14.4. The molecular weight excluding hydrogens is 497 g/mol. The lowest BCUT2D eigenvalue weighted by Crippen LogP contribution is -2.56. The van der Waals surface area contributed by atoms with E-state index in [0.29, 0.717) is 63.4 Å². The zero-order valence-corrected chi connectivity index (χ0v) is 22.8. The van der Waals surface area contributed by atoms with E-state index in [0.717, 1.165) is 42.1 Å². The number of likely N-dealkylation sites (tertiary alicyclic amines) is 1. The highest BCUT2D eigenvalue weighted by Gasteiger charge is 2.35. The van der Waals surface area contributed by atoms with Crippen molar-refractivity contribution in [2.45, 2.75) is 44.8 Å². The minimum absolute atomic E-state index is 0.154. The van der Waals surface area contributed by atoms with Crippen molar-refractivity contribution in [3.8, 4) is 6.01 Å². The van der Waals surface area contributed by atoms with Crippen LogP contribution >= 0.6 is 0 Å². The topological polar surface area (TPSA) is 69.4 Å². The summed E-state index contributed by atoms with van der Waals surface area (Å²) in [5.74, 6) is 0.439. The lowest BCUT2D eigenvalue weighted by molar-refractivity contribution is -0.128. The molecule has 3 aliphatic rings. The van der Waals surface area contributed by atoms with Gasteiger partial charge in [0.15, 0.2) is 0 Å². The Balaban J connectivity index is 1.46. The lowest BCUT2D eigenvalue weighted by atomic mass is 10.0. The second kappa shape index (κ2) is 11.6. The standard InChI is InChI=1S/C29H36FN7O2/c1-5-27(38)37-15-14-36(17-22(37)16-31-3)28-23-11-13-35(26-10-6-9-24(30)20(26)2)18-25(23)32-29(33-28)39-19-21-8-7-12-34(21)4/h5-6,9-10,21-22H,1,7-8,11-19H2,2,4H3/t21-,22?/m0/s1. The molecule has 9 nitrogen and oxygen atoms in total. The maximum Gasteiger partial charge on any atom is 0.318 e. The summed E-state index contributed by atoms with van der Waals surface area (Å²) in [5, 5.41) is 0. The molecule has 206 valence electrons. The van der Waals surface area contributed by atoms with E-state index in [-0.39, 0.29) is 24.3 Å². The molecule has 1 aromatic carbocycles. The molecule has 3 aliphatic heterocycles. The second-order valence-electron chi connectivity index (χ2n) is 10.6. The van der Waals surface area contributed by atoms with Crippen LogP contribution in [0.3, 0.4) is 0 Å². The number of carbonyl (C=O) groups is 1. The molecule has 0 spiro atoms. The van der Waals surface area contributed by atoms with Gasteiger partial charge in [-0.1, -0.05) is 12.6 Å². The van der Waals surface area contributed by atoms with Crippen LogP contribution in [0.2, 0.25) is 0 Å². The third-order valence-electron chi connectivity index (χ3n) is 8.22. The number of hydrogen-bond acceptors (Lipinski definition) is 7. The molecule has 1 amide bonds. The average Bonchev–Trinajstić information content (AvgIpc) is 3.36. The minimum atomic E-state index is -0.251. The number of likely N-dealkylation sites (N-methyl/N-ethyl adjacent to an activating group) is 1. The number of benzene rings is 1. The summed E-state index contributed by atoms with van der Waals surface area (Å²) in [6.45, 7) is 17.5. The fourth-order valence-electron chi connectivity index (χ4n) is 5.94. The molecule has 10 heteroatoms. The monoisotopic (exact) mass is 533 g/mol. The molecule has 0 aliphatic carbocycles. The zero-order valence-electron chi connectivity index (χ0n) is 22.8. The zero-order chi connectivity index (χ0) is 27.5. The molecule has 4 heterocycles. The maximum absolute atomic E-state index is 14.4. The summed E-state index contributed by atoms with van der Waals surface area (Å²) < 4.78 is 20.6. The van der Waals surface area contributed by atoms with Gasteiger partial charge in [-0.25, -0.2) is 11.0 Å². The predicted molar refractivity (Wildman–Crippen MR) is 148 cm³/mol. The van der Waals surface area contributed by atoms with Crippen LogP contribution in [-0.2, 0) is 17.8 Å². The first-order valence-corrected chi connectivity index (χ1v) is 13.6. The van der Waals surface area contributed by atoms with Crippen molar-refractivity contribution in [3.05, 3.63) is 64.9 Å². The summed E-state index contributed by atoms with van der Waals surface area (Å²) in [6, 6.07) is 5.60. The molecule has 2 fully saturated rings. The Morgan fingerprint density at radius 3 is 2.82 bits per heavy atom. The van der Waals surface area contributed by atoms with Gasteiger partial charge in [0.25, 0.3) is 0 Å². The SMILES string of the molecule is [C-]#[N+]CC1CN(c2nc(OC[C@@H]3CCCN3C)nc3c2CCN(c2cccc(F)c2C)C3)CCN1C(=O)C=C. The number of nitrogens with zero attached hydrogens (tertiary/aromatic N) is 7. The number of anilines is 2. The predicted octanol–water partition coefficient (Wildman–Crippen LogP) is 3.08. The van der Waals surface area contributed by atoms with Gasteiger partial charge in [0.1, 0.15) is 24.3 Å². The molecule has 1 aromatic heterocycles. The van der Waals surface area contributed by atoms with Crippen molar-refractivity contribution in [1.29, 1.82) is 0 Å². The normalized spacial score (nSPS) is 21.4. The number of carbonyl (C=O) groups excluding carboxylic acids is 1. The smallest absolute Gasteiger partial charge is 0.318 e. The van der Waals surface area contributed by atoms with Gasteiger partial charge in [0.2, 0.25) is 12.5 Å². The van der Waals surface area contributed by atoms with Gasteiger partial charge >= 0.3 is 6.01 Å². The summed E-state index contributed by atoms with van der Waals surface area (Å²) in [7, 11) is 2.11. The number of piperazine rings is 1. The minimum Gasteiger partial charge on any atom is -0.462 e. The Morgan fingerprint density at radius 2 is 2.08 bits per heavy atom. The van der Waals surface area contributed by atoms with Gasteiger partial charge in [0, 0.05) is 49.0 Å². The Bertz CT molecular complexity index is 1280. The first-order chi connectivity index (χ1) is 18.9. The molecule has 0 saturated carbocycles. The highest BCUT2D eigenvalue weighted by atomic mass is 19.1. The number of ether oxygens (including phenoxy) is 1. The molecule has 2 saturated heterocycles. The van der Waals surface area contributed by atoms with E-state index in [9.17, 15) is 9.18 Å². The highest BCUT2D eigenvalue weighted by molar-refractivity contribution is 5.87. The van der Waals surface area contributed by atoms with Gasteiger partial charge in [0.05, 0.1) is 12.2 Å². The summed E-state index contributed by atoms with van der Waals surface area (Å²) >= 11 is 0. The van der Waals surface area contributed by atoms with Crippen LogP contribution in [0.5, 0.6) is 6.01 Å². The van der Waals surface area contributed by atoms with Crippen LogP contribution in [0.4, 0.5) is 15.9 Å². The van der Waals surface area contributed by atoms with Crippen LogP contribution in [0, 0.1) is 19.3 Å². The fraction of sp³-hybridized carbons (Fsp3) is 0.517. The third kappa shape index (κ3) is 5.55. The van der Waals surface area contributed by atoms with E-state index in [4.69, 9.17) is 21.3 Å². The first kappa shape index (κ1) is 26.9. The largest absolute Gasteiger partial charge is 0.462 e. The Hall–Kier alpha value is -3.71. The van der Waals surface area contributed by atoms with E-state index in [2.05, 4.69) is 33.2 Å². The molecule has 0 radical (unpaired) electrons. The summed E-state index contributed by atoms with van der Waals surface area (Å²) in [6.07, 6.45) is 4.25. The molecule has 2 aromatic rings. The number of aromatic nitrogens is 2. The summed E-state index contributed by atoms with van der Waals surface area (Å²) in [5.41, 5.74) is 3.41. The molecule has 0 bridgehead atoms. The van der Waals surface area contributed by atoms with Crippen molar-refractivity contribution in [2.75, 3.05) is 62.7 Å². The number of amides is 1. The number of hydrogen-bond donors (Lipinski definition) is 0. The molecule has 0 N–H and O–H groups in total. The quantitative estimate of drug-likeness (QED) is 0.400. The third-order valence-corrected chi connectivity index (χ3v) is 8.22. The van der Waals surface area contributed by atoms with Crippen LogP contribution in [-0.4, -0.2) is 90.7 Å². The molecule has 5 rings (SSSR count). The molecule has 39 heavy (non-hydrogen) atoms. The van der Waals surface area contributed by atoms with Gasteiger partial charge in [-0.2, -0.15) is 9.97 Å². The van der Waals surface area contributed by atoms with E-state index in [1.807, 2.05) is 6.07 Å². The van der Waals surface area contributed by atoms with Crippen molar-refractivity contribution in [2.24, 2.45) is 0 Å². The van der Waals surface area contributed by atoms with Gasteiger partial charge in [-0.05, 0) is 58.0 Å². The van der Waals surface area contributed by atoms with Crippen molar-refractivity contribution < 1.29 is 13.9 Å². The van der Waals surface area contributed by atoms with E-state index in [1.165, 1.54) is 12.1 Å². The molecular formula is C29H36FN7O2. The average molecular weight is 534 g/mol. The van der Waals surface area contributed by atoms with Gasteiger partial charge in [-0.3, -0.25) is 4.79 Å². The summed E-state index contributed by atoms with van der Waals surface area (Å²) in [4.78, 5) is 34.2. The Labute approximate surface area is 229 Å². The van der Waals surface area contributed by atoms with Crippen LogP contribution in [0.15, 0.2) is 30.9 Å². The van der Waals surface area contributed by atoms with Crippen molar-refractivity contribution >= 4 is 17.4 Å². The Morgan fingerprint density at radius 1 is 1.23 bits per heavy atom. The number of fused-ring (bicyclic) bond motifs is 1. The second-order valence-corrected chi connectivity index (χ2v) is 10.6. The Kier molecular flexibility index (Phi) is 7.98. The molecule has 1 unspecified atom stereocenters. The van der Waals surface area contributed by atoms with E-state index in [1.54, 1.807) is 17.9 Å². The number of halogens is 1. The van der Waals surface area contributed by atoms with Crippen molar-refractivity contribution in [3.63, 3.8) is 0 Å². The van der Waals surface area contributed by atoms with Crippen molar-refractivity contribution in [1.82, 2.24) is 19.8 Å². The lowest BCUT2D eigenvalue weighted by Gasteiger charge is -2.41. The highest BCUT2D eigenvalue weighted by Crippen LogP contribution is 2.33. The fourth-order valence-corrected chi connectivity index (χ4v) is 5.94.